The fraction of sp³-hybridized carbons (Fsp3) is 0.455. The lowest BCUT2D eigenvalue weighted by Crippen LogP contribution is -1.99. The third-order valence-electron chi connectivity index (χ3n) is 1.88. The van der Waals surface area contributed by atoms with Crippen molar-refractivity contribution in [1.82, 2.24) is 0 Å². The summed E-state index contributed by atoms with van der Waals surface area (Å²) in [6.07, 6.45) is 0.848. The topological polar surface area (TPSA) is 9.23 Å². The zero-order chi connectivity index (χ0) is 9.84. The van der Waals surface area contributed by atoms with Gasteiger partial charge in [0.05, 0.1) is 7.11 Å². The lowest BCUT2D eigenvalue weighted by Gasteiger charge is -2.10. The van der Waals surface area contributed by atoms with Crippen molar-refractivity contribution in [3.8, 4) is 5.75 Å². The number of para-hydroxylation sites is 1. The second kappa shape index (κ2) is 4.26. The van der Waals surface area contributed by atoms with Crippen molar-refractivity contribution in [3.05, 3.63) is 29.6 Å². The van der Waals surface area contributed by atoms with Crippen LogP contribution in [0.15, 0.2) is 18.2 Å². The molecule has 1 rings (SSSR count). The van der Waals surface area contributed by atoms with E-state index in [9.17, 15) is 4.39 Å². The molecule has 0 bridgehead atoms. The third-order valence-corrected chi connectivity index (χ3v) is 1.88. The smallest absolute Gasteiger partial charge is 0.165 e. The van der Waals surface area contributed by atoms with E-state index in [1.165, 1.54) is 13.2 Å². The van der Waals surface area contributed by atoms with Crippen LogP contribution in [0.2, 0.25) is 0 Å². The highest BCUT2D eigenvalue weighted by Gasteiger charge is 2.09. The lowest BCUT2D eigenvalue weighted by atomic mass is 10.0. The maximum atomic E-state index is 13.2. The lowest BCUT2D eigenvalue weighted by molar-refractivity contribution is 0.379. The Morgan fingerprint density at radius 3 is 2.62 bits per heavy atom. The predicted molar refractivity (Wildman–Crippen MR) is 51.5 cm³/mol. The second-order valence-electron chi connectivity index (χ2n) is 3.53. The van der Waals surface area contributed by atoms with Crippen LogP contribution in [-0.2, 0) is 6.42 Å². The molecule has 1 nitrogen and oxygen atoms in total. The first-order chi connectivity index (χ1) is 6.15. The summed E-state index contributed by atoms with van der Waals surface area (Å²) in [5.41, 5.74) is 0.942. The molecular formula is C11H15FO. The predicted octanol–water partition coefficient (Wildman–Crippen LogP) is 3.03. The zero-order valence-electron chi connectivity index (χ0n) is 8.30. The van der Waals surface area contributed by atoms with E-state index in [1.807, 2.05) is 6.07 Å². The Morgan fingerprint density at radius 1 is 1.38 bits per heavy atom. The van der Waals surface area contributed by atoms with E-state index >= 15 is 0 Å². The van der Waals surface area contributed by atoms with Crippen molar-refractivity contribution < 1.29 is 9.13 Å². The summed E-state index contributed by atoms with van der Waals surface area (Å²) in [5.74, 6) is 0.618. The van der Waals surface area contributed by atoms with Crippen molar-refractivity contribution in [3.63, 3.8) is 0 Å². The summed E-state index contributed by atoms with van der Waals surface area (Å²) in [5, 5.41) is 0. The number of halogens is 1. The quantitative estimate of drug-likeness (QED) is 0.698. The molecule has 0 aromatic heterocycles. The van der Waals surface area contributed by atoms with Crippen molar-refractivity contribution in [1.29, 1.82) is 0 Å². The molecule has 0 atom stereocenters. The van der Waals surface area contributed by atoms with Gasteiger partial charge in [-0.3, -0.25) is 0 Å². The Labute approximate surface area is 78.5 Å². The monoisotopic (exact) mass is 182 g/mol. The van der Waals surface area contributed by atoms with Crippen LogP contribution in [0.3, 0.4) is 0 Å². The van der Waals surface area contributed by atoms with Gasteiger partial charge in [0.25, 0.3) is 0 Å². The number of methoxy groups -OCH3 is 1. The van der Waals surface area contributed by atoms with Crippen LogP contribution < -0.4 is 4.74 Å². The zero-order valence-corrected chi connectivity index (χ0v) is 8.30. The molecule has 0 N–H and O–H groups in total. The molecule has 0 spiro atoms. The fourth-order valence-electron chi connectivity index (χ4n) is 1.38. The molecule has 1 aromatic rings. The molecule has 0 saturated heterocycles. The van der Waals surface area contributed by atoms with Crippen LogP contribution in [0.1, 0.15) is 19.4 Å². The van der Waals surface area contributed by atoms with Crippen LogP contribution >= 0.6 is 0 Å². The molecule has 1 aromatic carbocycles. The first-order valence-electron chi connectivity index (χ1n) is 4.46. The van der Waals surface area contributed by atoms with Crippen molar-refractivity contribution >= 4 is 0 Å². The molecule has 0 heterocycles. The number of hydrogen-bond donors (Lipinski definition) is 0. The maximum Gasteiger partial charge on any atom is 0.165 e. The van der Waals surface area contributed by atoms with Gasteiger partial charge >= 0.3 is 0 Å². The Balaban J connectivity index is 2.98. The van der Waals surface area contributed by atoms with Gasteiger partial charge in [0, 0.05) is 0 Å². The summed E-state index contributed by atoms with van der Waals surface area (Å²) in [4.78, 5) is 0. The number of ether oxygens (including phenoxy) is 1. The van der Waals surface area contributed by atoms with Crippen LogP contribution in [0.25, 0.3) is 0 Å². The summed E-state index contributed by atoms with van der Waals surface area (Å²) >= 11 is 0. The van der Waals surface area contributed by atoms with E-state index in [2.05, 4.69) is 13.8 Å². The first-order valence-corrected chi connectivity index (χ1v) is 4.46. The number of rotatable bonds is 3. The minimum Gasteiger partial charge on any atom is -0.493 e. The van der Waals surface area contributed by atoms with E-state index in [4.69, 9.17) is 4.74 Å². The van der Waals surface area contributed by atoms with Gasteiger partial charge in [-0.05, 0) is 24.0 Å². The van der Waals surface area contributed by atoms with E-state index in [0.717, 1.165) is 12.0 Å². The normalized spacial score (nSPS) is 10.5. The molecule has 0 unspecified atom stereocenters. The summed E-state index contributed by atoms with van der Waals surface area (Å²) in [6.45, 7) is 4.20. The standard InChI is InChI=1S/C11H15FO/c1-8(2)7-9-5-4-6-10(12)11(9)13-3/h4-6,8H,7H2,1-3H3. The molecule has 13 heavy (non-hydrogen) atoms. The van der Waals surface area contributed by atoms with Crippen LogP contribution in [-0.4, -0.2) is 7.11 Å². The Bertz CT molecular complexity index is 281. The molecule has 2 heteroatoms. The first kappa shape index (κ1) is 10.0. The summed E-state index contributed by atoms with van der Waals surface area (Å²) in [6, 6.07) is 5.04. The molecule has 0 aliphatic carbocycles. The summed E-state index contributed by atoms with van der Waals surface area (Å²) < 4.78 is 18.2. The second-order valence-corrected chi connectivity index (χ2v) is 3.53. The Morgan fingerprint density at radius 2 is 2.08 bits per heavy atom. The average Bonchev–Trinajstić information content (AvgIpc) is 2.03. The van der Waals surface area contributed by atoms with Gasteiger partial charge in [-0.15, -0.1) is 0 Å². The highest BCUT2D eigenvalue weighted by atomic mass is 19.1. The van der Waals surface area contributed by atoms with Gasteiger partial charge in [0.1, 0.15) is 0 Å². The highest BCUT2D eigenvalue weighted by Crippen LogP contribution is 2.24. The molecular weight excluding hydrogens is 167 g/mol. The summed E-state index contributed by atoms with van der Waals surface area (Å²) in [7, 11) is 1.50. The molecule has 0 amide bonds. The molecule has 0 fully saturated rings. The van der Waals surface area contributed by atoms with Gasteiger partial charge < -0.3 is 4.74 Å². The SMILES string of the molecule is COc1c(F)cccc1CC(C)C. The third kappa shape index (κ3) is 2.44. The molecule has 0 aliphatic rings. The molecule has 0 radical (unpaired) electrons. The van der Waals surface area contributed by atoms with Crippen LogP contribution in [0.4, 0.5) is 4.39 Å². The van der Waals surface area contributed by atoms with Crippen LogP contribution in [0, 0.1) is 11.7 Å². The minimum atomic E-state index is -0.277. The van der Waals surface area contributed by atoms with Gasteiger partial charge in [0.2, 0.25) is 0 Å². The molecule has 72 valence electrons. The number of benzene rings is 1. The highest BCUT2D eigenvalue weighted by molar-refractivity contribution is 5.35. The largest absolute Gasteiger partial charge is 0.493 e. The molecule has 0 saturated carbocycles. The van der Waals surface area contributed by atoms with Crippen molar-refractivity contribution in [2.24, 2.45) is 5.92 Å². The molecule has 0 aliphatic heterocycles. The average molecular weight is 182 g/mol. The van der Waals surface area contributed by atoms with E-state index in [-0.39, 0.29) is 5.82 Å². The maximum absolute atomic E-state index is 13.2. The van der Waals surface area contributed by atoms with E-state index in [1.54, 1.807) is 6.07 Å². The Hall–Kier alpha value is -1.05. The van der Waals surface area contributed by atoms with Gasteiger partial charge in [-0.25, -0.2) is 4.39 Å². The van der Waals surface area contributed by atoms with E-state index in [0.29, 0.717) is 11.7 Å². The van der Waals surface area contributed by atoms with Crippen molar-refractivity contribution in [2.45, 2.75) is 20.3 Å². The van der Waals surface area contributed by atoms with Crippen LogP contribution in [0.5, 0.6) is 5.75 Å². The van der Waals surface area contributed by atoms with Gasteiger partial charge in [0.15, 0.2) is 11.6 Å². The minimum absolute atomic E-state index is 0.277. The van der Waals surface area contributed by atoms with Gasteiger partial charge in [-0.2, -0.15) is 0 Å². The Kier molecular flexibility index (Phi) is 3.29. The number of hydrogen-bond acceptors (Lipinski definition) is 1. The van der Waals surface area contributed by atoms with E-state index < -0.39 is 0 Å². The van der Waals surface area contributed by atoms with Gasteiger partial charge in [-0.1, -0.05) is 26.0 Å². The fourth-order valence-corrected chi connectivity index (χ4v) is 1.38. The van der Waals surface area contributed by atoms with Crippen molar-refractivity contribution in [2.75, 3.05) is 7.11 Å².